The van der Waals surface area contributed by atoms with E-state index in [0.717, 1.165) is 30.5 Å². The predicted molar refractivity (Wildman–Crippen MR) is 103 cm³/mol. The fourth-order valence-corrected chi connectivity index (χ4v) is 3.20. The van der Waals surface area contributed by atoms with Crippen molar-refractivity contribution >= 4 is 11.6 Å². The number of hydrazone groups is 1. The fourth-order valence-electron chi connectivity index (χ4n) is 3.20. The van der Waals surface area contributed by atoms with E-state index in [2.05, 4.69) is 41.7 Å². The van der Waals surface area contributed by atoms with E-state index in [0.29, 0.717) is 5.92 Å². The van der Waals surface area contributed by atoms with E-state index >= 15 is 0 Å². The molecule has 0 saturated heterocycles. The monoisotopic (exact) mass is 334 g/mol. The molecule has 0 unspecified atom stereocenters. The summed E-state index contributed by atoms with van der Waals surface area (Å²) in [6.07, 6.45) is 5.26. The van der Waals surface area contributed by atoms with Crippen LogP contribution in [0, 0.1) is 5.92 Å². The van der Waals surface area contributed by atoms with Gasteiger partial charge in [0, 0.05) is 5.92 Å². The molecule has 1 fully saturated rings. The van der Waals surface area contributed by atoms with Crippen molar-refractivity contribution in [2.45, 2.75) is 44.9 Å². The Bertz CT molecular complexity index is 709. The van der Waals surface area contributed by atoms with Gasteiger partial charge in [-0.1, -0.05) is 80.4 Å². The molecule has 1 N–H and O–H groups in total. The maximum Gasteiger partial charge on any atom is 0.243 e. The zero-order valence-corrected chi connectivity index (χ0v) is 14.8. The van der Waals surface area contributed by atoms with Crippen LogP contribution in [0.25, 0.3) is 0 Å². The van der Waals surface area contributed by atoms with E-state index in [4.69, 9.17) is 0 Å². The highest BCUT2D eigenvalue weighted by molar-refractivity contribution is 6.01. The Kier molecular flexibility index (Phi) is 5.99. The lowest BCUT2D eigenvalue weighted by Gasteiger charge is -2.07. The third-order valence-corrected chi connectivity index (χ3v) is 4.78. The van der Waals surface area contributed by atoms with Crippen LogP contribution in [0.5, 0.6) is 0 Å². The molecule has 130 valence electrons. The van der Waals surface area contributed by atoms with Crippen molar-refractivity contribution in [1.29, 1.82) is 0 Å². The fraction of sp³-hybridized carbons (Fsp3) is 0.364. The number of nitrogens with zero attached hydrogens (tertiary/aromatic N) is 1. The predicted octanol–water partition coefficient (Wildman–Crippen LogP) is 4.89. The van der Waals surface area contributed by atoms with Crippen LogP contribution < -0.4 is 5.43 Å². The Labute approximate surface area is 150 Å². The summed E-state index contributed by atoms with van der Waals surface area (Å²) in [6.45, 7) is 2.19. The van der Waals surface area contributed by atoms with Crippen LogP contribution in [0.3, 0.4) is 0 Å². The molecule has 0 aliphatic heterocycles. The van der Waals surface area contributed by atoms with E-state index in [-0.39, 0.29) is 11.8 Å². The molecule has 3 rings (SSSR count). The Morgan fingerprint density at radius 3 is 2.40 bits per heavy atom. The zero-order chi connectivity index (χ0) is 17.5. The van der Waals surface area contributed by atoms with Crippen LogP contribution in [-0.2, 0) is 4.79 Å². The molecule has 2 aromatic carbocycles. The Balaban J connectivity index is 1.62. The van der Waals surface area contributed by atoms with Gasteiger partial charge in [0.2, 0.25) is 5.91 Å². The van der Waals surface area contributed by atoms with Gasteiger partial charge in [0.25, 0.3) is 0 Å². The quantitative estimate of drug-likeness (QED) is 0.417. The molecule has 0 heterocycles. The number of unbranched alkanes of at least 4 members (excludes halogenated alkanes) is 2. The first-order valence-corrected chi connectivity index (χ1v) is 9.26. The molecule has 2 aromatic rings. The maximum atomic E-state index is 12.4. The number of hydrogen-bond donors (Lipinski definition) is 1. The minimum Gasteiger partial charge on any atom is -0.273 e. The number of hydrogen-bond acceptors (Lipinski definition) is 2. The average Bonchev–Trinajstić information content (AvgIpc) is 3.47. The second-order valence-electron chi connectivity index (χ2n) is 6.72. The van der Waals surface area contributed by atoms with Gasteiger partial charge in [-0.3, -0.25) is 4.79 Å². The highest BCUT2D eigenvalue weighted by atomic mass is 16.2. The third kappa shape index (κ3) is 4.79. The second-order valence-corrected chi connectivity index (χ2v) is 6.72. The van der Waals surface area contributed by atoms with Gasteiger partial charge in [-0.15, -0.1) is 0 Å². The van der Waals surface area contributed by atoms with Crippen molar-refractivity contribution in [2.24, 2.45) is 11.0 Å². The maximum absolute atomic E-state index is 12.4. The molecule has 1 saturated carbocycles. The van der Waals surface area contributed by atoms with Gasteiger partial charge in [0.1, 0.15) is 0 Å². The second kappa shape index (κ2) is 8.61. The first kappa shape index (κ1) is 17.4. The number of amides is 1. The third-order valence-electron chi connectivity index (χ3n) is 4.78. The van der Waals surface area contributed by atoms with Crippen LogP contribution in [0.1, 0.15) is 56.1 Å². The van der Waals surface area contributed by atoms with Gasteiger partial charge in [0.05, 0.1) is 5.71 Å². The lowest BCUT2D eigenvalue weighted by atomic mass is 10.0. The normalized spacial score (nSPS) is 19.5. The first-order chi connectivity index (χ1) is 12.3. The SMILES string of the molecule is CCCCCC(=NNC(=O)[C@@H]1C[C@H]1c1ccccc1)c1ccccc1. The number of benzene rings is 2. The molecule has 0 spiro atoms. The van der Waals surface area contributed by atoms with Crippen LogP contribution in [-0.4, -0.2) is 11.6 Å². The molecular weight excluding hydrogens is 308 g/mol. The van der Waals surface area contributed by atoms with Crippen molar-refractivity contribution in [3.05, 3.63) is 71.8 Å². The van der Waals surface area contributed by atoms with Crippen LogP contribution in [0.4, 0.5) is 0 Å². The summed E-state index contributed by atoms with van der Waals surface area (Å²) < 4.78 is 0. The summed E-state index contributed by atoms with van der Waals surface area (Å²) in [4.78, 5) is 12.4. The molecular formula is C22H26N2O. The molecule has 1 aliphatic carbocycles. The standard InChI is InChI=1S/C22H26N2O/c1-2-3-6-15-21(18-13-9-5-10-14-18)23-24-22(25)20-16-19(20)17-11-7-4-8-12-17/h4-5,7-14,19-20H,2-3,6,15-16H2,1H3,(H,24,25)/t19-,20+/m0/s1. The highest BCUT2D eigenvalue weighted by Gasteiger charge is 2.43. The van der Waals surface area contributed by atoms with Crippen molar-refractivity contribution in [3.8, 4) is 0 Å². The lowest BCUT2D eigenvalue weighted by Crippen LogP contribution is -2.22. The van der Waals surface area contributed by atoms with Crippen molar-refractivity contribution < 1.29 is 4.79 Å². The van der Waals surface area contributed by atoms with E-state index in [1.54, 1.807) is 0 Å². The first-order valence-electron chi connectivity index (χ1n) is 9.26. The molecule has 0 radical (unpaired) electrons. The van der Waals surface area contributed by atoms with Crippen LogP contribution in [0.2, 0.25) is 0 Å². The van der Waals surface area contributed by atoms with E-state index in [1.165, 1.54) is 18.4 Å². The number of nitrogens with one attached hydrogen (secondary N) is 1. The Morgan fingerprint density at radius 1 is 1.04 bits per heavy atom. The Hall–Kier alpha value is -2.42. The summed E-state index contributed by atoms with van der Waals surface area (Å²) >= 11 is 0. The van der Waals surface area contributed by atoms with E-state index < -0.39 is 0 Å². The topological polar surface area (TPSA) is 41.5 Å². The minimum absolute atomic E-state index is 0.0396. The molecule has 25 heavy (non-hydrogen) atoms. The van der Waals surface area contributed by atoms with Crippen molar-refractivity contribution in [1.82, 2.24) is 5.43 Å². The van der Waals surface area contributed by atoms with Gasteiger partial charge in [-0.25, -0.2) is 5.43 Å². The summed E-state index contributed by atoms with van der Waals surface area (Å²) in [7, 11) is 0. The molecule has 3 nitrogen and oxygen atoms in total. The number of rotatable bonds is 8. The largest absolute Gasteiger partial charge is 0.273 e. The van der Waals surface area contributed by atoms with Gasteiger partial charge in [-0.2, -0.15) is 5.10 Å². The smallest absolute Gasteiger partial charge is 0.243 e. The molecule has 2 atom stereocenters. The molecule has 0 bridgehead atoms. The lowest BCUT2D eigenvalue weighted by molar-refractivity contribution is -0.122. The number of carbonyl (C=O) groups excluding carboxylic acids is 1. The summed E-state index contributed by atoms with van der Waals surface area (Å²) in [6, 6.07) is 20.4. The molecule has 3 heteroatoms. The highest BCUT2D eigenvalue weighted by Crippen LogP contribution is 2.47. The summed E-state index contributed by atoms with van der Waals surface area (Å²) in [5.41, 5.74) is 6.13. The summed E-state index contributed by atoms with van der Waals surface area (Å²) in [5, 5.41) is 4.47. The van der Waals surface area contributed by atoms with E-state index in [1.807, 2.05) is 36.4 Å². The minimum atomic E-state index is 0.0396. The van der Waals surface area contributed by atoms with Crippen molar-refractivity contribution in [3.63, 3.8) is 0 Å². The van der Waals surface area contributed by atoms with Crippen LogP contribution in [0.15, 0.2) is 65.8 Å². The molecule has 0 aromatic heterocycles. The molecule has 1 amide bonds. The van der Waals surface area contributed by atoms with Crippen LogP contribution >= 0.6 is 0 Å². The Morgan fingerprint density at radius 2 is 1.72 bits per heavy atom. The van der Waals surface area contributed by atoms with E-state index in [9.17, 15) is 4.79 Å². The average molecular weight is 334 g/mol. The van der Waals surface area contributed by atoms with Gasteiger partial charge in [-0.05, 0) is 36.3 Å². The van der Waals surface area contributed by atoms with Gasteiger partial charge >= 0.3 is 0 Å². The van der Waals surface area contributed by atoms with Crippen molar-refractivity contribution in [2.75, 3.05) is 0 Å². The zero-order valence-electron chi connectivity index (χ0n) is 14.8. The number of carbonyl (C=O) groups is 1. The summed E-state index contributed by atoms with van der Waals surface area (Å²) in [5.74, 6) is 0.438. The molecule has 1 aliphatic rings. The van der Waals surface area contributed by atoms with Gasteiger partial charge < -0.3 is 0 Å². The van der Waals surface area contributed by atoms with Gasteiger partial charge in [0.15, 0.2) is 0 Å².